The Labute approximate surface area is 112 Å². The summed E-state index contributed by atoms with van der Waals surface area (Å²) in [6.07, 6.45) is 0.120. The molecule has 0 heterocycles. The summed E-state index contributed by atoms with van der Waals surface area (Å²) < 4.78 is 26.7. The second kappa shape index (κ2) is 7.19. The van der Waals surface area contributed by atoms with Crippen LogP contribution in [0.15, 0.2) is 18.2 Å². The molecule has 1 atom stereocenters. The number of halogens is 2. The van der Waals surface area contributed by atoms with Crippen molar-refractivity contribution in [3.63, 3.8) is 0 Å². The van der Waals surface area contributed by atoms with Crippen LogP contribution < -0.4 is 5.73 Å². The highest BCUT2D eigenvalue weighted by Crippen LogP contribution is 2.16. The lowest BCUT2D eigenvalue weighted by molar-refractivity contribution is -0.134. The molecule has 0 saturated carbocycles. The lowest BCUT2D eigenvalue weighted by Gasteiger charge is -2.24. The Morgan fingerprint density at radius 2 is 1.95 bits per heavy atom. The second-order valence-electron chi connectivity index (χ2n) is 4.38. The predicted octanol–water partition coefficient (Wildman–Crippen LogP) is 1.95. The summed E-state index contributed by atoms with van der Waals surface area (Å²) in [5, 5.41) is 0. The second-order valence-corrected chi connectivity index (χ2v) is 4.38. The van der Waals surface area contributed by atoms with E-state index in [-0.39, 0.29) is 24.4 Å². The maximum atomic E-state index is 13.6. The largest absolute Gasteiger partial charge is 0.343 e. The van der Waals surface area contributed by atoms with Crippen molar-refractivity contribution in [3.05, 3.63) is 35.4 Å². The summed E-state index contributed by atoms with van der Waals surface area (Å²) in [7, 11) is 0. The molecule has 5 heteroatoms. The van der Waals surface area contributed by atoms with Gasteiger partial charge in [-0.15, -0.1) is 0 Å². The lowest BCUT2D eigenvalue weighted by Crippen LogP contribution is -2.40. The van der Waals surface area contributed by atoms with Crippen LogP contribution in [0.4, 0.5) is 8.78 Å². The third-order valence-corrected chi connectivity index (χ3v) is 3.18. The molecule has 1 aromatic rings. The van der Waals surface area contributed by atoms with Gasteiger partial charge in [0.05, 0.1) is 5.92 Å². The normalized spacial score (nSPS) is 12.3. The lowest BCUT2D eigenvalue weighted by atomic mass is 9.97. The van der Waals surface area contributed by atoms with Crippen LogP contribution in [0, 0.1) is 17.6 Å². The summed E-state index contributed by atoms with van der Waals surface area (Å²) in [4.78, 5) is 13.8. The molecule has 0 aliphatic rings. The summed E-state index contributed by atoms with van der Waals surface area (Å²) in [5.41, 5.74) is 5.78. The first kappa shape index (κ1) is 15.6. The third kappa shape index (κ3) is 3.99. The van der Waals surface area contributed by atoms with E-state index < -0.39 is 17.6 Å². The highest BCUT2D eigenvalue weighted by atomic mass is 19.1. The van der Waals surface area contributed by atoms with Crippen LogP contribution in [0.25, 0.3) is 0 Å². The minimum atomic E-state index is -0.517. The fourth-order valence-electron chi connectivity index (χ4n) is 2.03. The first-order chi connectivity index (χ1) is 9.03. The van der Waals surface area contributed by atoms with Crippen molar-refractivity contribution in [1.82, 2.24) is 4.90 Å². The minimum Gasteiger partial charge on any atom is -0.343 e. The number of carbonyl (C=O) groups excluding carboxylic acids is 1. The molecule has 0 radical (unpaired) electrons. The van der Waals surface area contributed by atoms with E-state index >= 15 is 0 Å². The van der Waals surface area contributed by atoms with Crippen molar-refractivity contribution < 1.29 is 13.6 Å². The molecule has 0 aliphatic heterocycles. The predicted molar refractivity (Wildman–Crippen MR) is 70.5 cm³/mol. The van der Waals surface area contributed by atoms with E-state index in [2.05, 4.69) is 0 Å². The van der Waals surface area contributed by atoms with E-state index in [0.29, 0.717) is 13.1 Å². The Hall–Kier alpha value is -1.49. The van der Waals surface area contributed by atoms with E-state index in [0.717, 1.165) is 18.2 Å². The van der Waals surface area contributed by atoms with Crippen molar-refractivity contribution in [3.8, 4) is 0 Å². The number of carbonyl (C=O) groups is 1. The van der Waals surface area contributed by atoms with Crippen LogP contribution >= 0.6 is 0 Å². The zero-order valence-corrected chi connectivity index (χ0v) is 11.3. The molecule has 0 bridgehead atoms. The molecular formula is C14H20F2N2O. The Balaban J connectivity index is 2.87. The fourth-order valence-corrected chi connectivity index (χ4v) is 2.03. The van der Waals surface area contributed by atoms with Gasteiger partial charge in [-0.3, -0.25) is 4.79 Å². The average Bonchev–Trinajstić information content (AvgIpc) is 2.41. The van der Waals surface area contributed by atoms with Gasteiger partial charge in [0.25, 0.3) is 0 Å². The first-order valence-electron chi connectivity index (χ1n) is 6.46. The van der Waals surface area contributed by atoms with Crippen LogP contribution in [0.1, 0.15) is 19.4 Å². The third-order valence-electron chi connectivity index (χ3n) is 3.18. The monoisotopic (exact) mass is 270 g/mol. The number of benzene rings is 1. The Morgan fingerprint density at radius 3 is 2.47 bits per heavy atom. The molecular weight excluding hydrogens is 250 g/mol. The van der Waals surface area contributed by atoms with Gasteiger partial charge in [0.2, 0.25) is 5.91 Å². The fraction of sp³-hybridized carbons (Fsp3) is 0.500. The van der Waals surface area contributed by atoms with Gasteiger partial charge in [-0.25, -0.2) is 8.78 Å². The maximum absolute atomic E-state index is 13.6. The van der Waals surface area contributed by atoms with E-state index in [1.165, 1.54) is 0 Å². The van der Waals surface area contributed by atoms with Gasteiger partial charge in [-0.1, -0.05) is 0 Å². The van der Waals surface area contributed by atoms with E-state index in [1.807, 2.05) is 13.8 Å². The van der Waals surface area contributed by atoms with Crippen molar-refractivity contribution in [2.45, 2.75) is 20.3 Å². The summed E-state index contributed by atoms with van der Waals surface area (Å²) >= 11 is 0. The van der Waals surface area contributed by atoms with E-state index in [1.54, 1.807) is 4.90 Å². The number of amides is 1. The minimum absolute atomic E-state index is 0.115. The molecule has 1 aromatic carbocycles. The zero-order valence-electron chi connectivity index (χ0n) is 11.3. The number of rotatable bonds is 6. The highest BCUT2D eigenvalue weighted by Gasteiger charge is 2.23. The maximum Gasteiger partial charge on any atom is 0.227 e. The number of nitrogens with two attached hydrogens (primary N) is 1. The molecule has 3 nitrogen and oxygen atoms in total. The topological polar surface area (TPSA) is 46.3 Å². The molecule has 0 aliphatic carbocycles. The molecule has 0 saturated heterocycles. The number of nitrogens with zero attached hydrogens (tertiary/aromatic N) is 1. The summed E-state index contributed by atoms with van der Waals surface area (Å²) in [6.45, 7) is 5.02. The first-order valence-corrected chi connectivity index (χ1v) is 6.46. The average molecular weight is 270 g/mol. The molecule has 1 rings (SSSR count). The van der Waals surface area contributed by atoms with Crippen LogP contribution in [0.5, 0.6) is 0 Å². The zero-order chi connectivity index (χ0) is 14.4. The Morgan fingerprint density at radius 1 is 1.32 bits per heavy atom. The van der Waals surface area contributed by atoms with Gasteiger partial charge in [-0.05, 0) is 44.0 Å². The summed E-state index contributed by atoms with van der Waals surface area (Å²) in [5.74, 6) is -1.65. The van der Waals surface area contributed by atoms with Gasteiger partial charge in [0.15, 0.2) is 0 Å². The van der Waals surface area contributed by atoms with Gasteiger partial charge in [0, 0.05) is 19.6 Å². The smallest absolute Gasteiger partial charge is 0.227 e. The van der Waals surface area contributed by atoms with Crippen molar-refractivity contribution in [2.75, 3.05) is 19.6 Å². The van der Waals surface area contributed by atoms with Crippen molar-refractivity contribution in [2.24, 2.45) is 11.7 Å². The molecule has 1 amide bonds. The molecule has 1 unspecified atom stereocenters. The van der Waals surface area contributed by atoms with Gasteiger partial charge in [0.1, 0.15) is 11.6 Å². The quantitative estimate of drug-likeness (QED) is 0.859. The van der Waals surface area contributed by atoms with E-state index in [9.17, 15) is 13.6 Å². The Kier molecular flexibility index (Phi) is 5.89. The highest BCUT2D eigenvalue weighted by molar-refractivity contribution is 5.79. The summed E-state index contributed by atoms with van der Waals surface area (Å²) in [6, 6.07) is 3.25. The number of hydrogen-bond acceptors (Lipinski definition) is 2. The van der Waals surface area contributed by atoms with Crippen molar-refractivity contribution >= 4 is 5.91 Å². The molecule has 0 fully saturated rings. The molecule has 106 valence electrons. The van der Waals surface area contributed by atoms with Crippen LogP contribution in [-0.4, -0.2) is 30.4 Å². The molecule has 2 N–H and O–H groups in total. The van der Waals surface area contributed by atoms with Gasteiger partial charge < -0.3 is 10.6 Å². The molecule has 0 aromatic heterocycles. The number of hydrogen-bond donors (Lipinski definition) is 1. The van der Waals surface area contributed by atoms with E-state index in [4.69, 9.17) is 5.73 Å². The Bertz CT molecular complexity index is 433. The van der Waals surface area contributed by atoms with Crippen molar-refractivity contribution in [1.29, 1.82) is 0 Å². The molecule has 0 spiro atoms. The van der Waals surface area contributed by atoms with Gasteiger partial charge in [-0.2, -0.15) is 0 Å². The van der Waals surface area contributed by atoms with Crippen LogP contribution in [0.3, 0.4) is 0 Å². The SMILES string of the molecule is CCN(CC)C(=O)C(CN)Cc1cc(F)ccc1F. The van der Waals surface area contributed by atoms with Crippen LogP contribution in [0.2, 0.25) is 0 Å². The van der Waals surface area contributed by atoms with Crippen LogP contribution in [-0.2, 0) is 11.2 Å². The van der Waals surface area contributed by atoms with Gasteiger partial charge >= 0.3 is 0 Å². The standard InChI is InChI=1S/C14H20F2N2O/c1-3-18(4-2)14(19)11(9-17)7-10-8-12(15)5-6-13(10)16/h5-6,8,11H,3-4,7,9,17H2,1-2H3. The molecule has 19 heavy (non-hydrogen) atoms.